The Morgan fingerprint density at radius 1 is 1.50 bits per heavy atom. The Labute approximate surface area is 72.5 Å². The number of hydrogen-bond acceptors (Lipinski definition) is 0. The van der Waals surface area contributed by atoms with E-state index in [1.165, 1.54) is 18.2 Å². The average Bonchev–Trinajstić information content (AvgIpc) is 2.67. The summed E-state index contributed by atoms with van der Waals surface area (Å²) >= 11 is 3.61. The van der Waals surface area contributed by atoms with Gasteiger partial charge in [-0.25, -0.2) is 0 Å². The summed E-state index contributed by atoms with van der Waals surface area (Å²) in [5.74, 6) is 1.83. The normalized spacial score (nSPS) is 24.9. The molecule has 0 radical (unpaired) electrons. The summed E-state index contributed by atoms with van der Waals surface area (Å²) in [5, 5.41) is 1.17. The van der Waals surface area contributed by atoms with E-state index in [4.69, 9.17) is 0 Å². The molecule has 0 aliphatic heterocycles. The van der Waals surface area contributed by atoms with E-state index in [1.54, 1.807) is 0 Å². The van der Waals surface area contributed by atoms with Gasteiger partial charge in [-0.15, -0.1) is 0 Å². The predicted octanol–water partition coefficient (Wildman–Crippen LogP) is 3.45. The molecule has 0 spiro atoms. The van der Waals surface area contributed by atoms with Crippen LogP contribution < -0.4 is 0 Å². The van der Waals surface area contributed by atoms with Crippen molar-refractivity contribution < 1.29 is 0 Å². The predicted molar refractivity (Wildman–Crippen MR) is 49.5 cm³/mol. The van der Waals surface area contributed by atoms with Gasteiger partial charge in [0.2, 0.25) is 0 Å². The maximum atomic E-state index is 3.61. The molecule has 0 aromatic rings. The lowest BCUT2D eigenvalue weighted by molar-refractivity contribution is 0.217. The molecule has 1 fully saturated rings. The average molecular weight is 205 g/mol. The van der Waals surface area contributed by atoms with Gasteiger partial charge in [0, 0.05) is 5.33 Å². The number of halogens is 1. The van der Waals surface area contributed by atoms with Crippen LogP contribution in [-0.4, -0.2) is 5.33 Å². The Bertz CT molecular complexity index is 112. The Morgan fingerprint density at radius 3 is 2.10 bits per heavy atom. The molecule has 0 heterocycles. The van der Waals surface area contributed by atoms with Crippen LogP contribution in [0.3, 0.4) is 0 Å². The fourth-order valence-electron chi connectivity index (χ4n) is 1.48. The fourth-order valence-corrected chi connectivity index (χ4v) is 2.58. The van der Waals surface area contributed by atoms with Gasteiger partial charge in [0.1, 0.15) is 0 Å². The van der Waals surface area contributed by atoms with Crippen molar-refractivity contribution in [2.75, 3.05) is 5.33 Å². The second-order valence-electron chi connectivity index (χ2n) is 4.07. The van der Waals surface area contributed by atoms with Gasteiger partial charge >= 0.3 is 0 Å². The van der Waals surface area contributed by atoms with Crippen LogP contribution in [0.4, 0.5) is 0 Å². The van der Waals surface area contributed by atoms with Gasteiger partial charge in [-0.3, -0.25) is 0 Å². The maximum Gasteiger partial charge on any atom is 0.00904 e. The van der Waals surface area contributed by atoms with Gasteiger partial charge in [-0.1, -0.05) is 36.7 Å². The molecule has 1 atom stereocenters. The fraction of sp³-hybridized carbons (Fsp3) is 1.00. The minimum Gasteiger partial charge on any atom is -0.0922 e. The van der Waals surface area contributed by atoms with Crippen LogP contribution in [0.2, 0.25) is 0 Å². The van der Waals surface area contributed by atoms with Gasteiger partial charge in [-0.05, 0) is 30.1 Å². The van der Waals surface area contributed by atoms with Crippen LogP contribution >= 0.6 is 15.9 Å². The van der Waals surface area contributed by atoms with Crippen LogP contribution in [-0.2, 0) is 0 Å². The van der Waals surface area contributed by atoms with Crippen molar-refractivity contribution in [3.05, 3.63) is 0 Å². The topological polar surface area (TPSA) is 0 Å². The smallest absolute Gasteiger partial charge is 0.00904 e. The molecule has 0 aromatic carbocycles. The van der Waals surface area contributed by atoms with Crippen molar-refractivity contribution in [2.24, 2.45) is 17.3 Å². The van der Waals surface area contributed by atoms with Gasteiger partial charge in [0.05, 0.1) is 0 Å². The molecule has 1 saturated carbocycles. The first-order chi connectivity index (χ1) is 4.61. The lowest BCUT2D eigenvalue weighted by Crippen LogP contribution is -2.27. The van der Waals surface area contributed by atoms with Gasteiger partial charge in [0.15, 0.2) is 0 Å². The molecule has 1 aliphatic rings. The highest BCUT2D eigenvalue weighted by Gasteiger charge is 2.42. The van der Waals surface area contributed by atoms with Crippen LogP contribution in [0, 0.1) is 17.3 Å². The molecule has 0 amide bonds. The van der Waals surface area contributed by atoms with Crippen LogP contribution in [0.15, 0.2) is 0 Å². The Balaban J connectivity index is 2.56. The summed E-state index contributed by atoms with van der Waals surface area (Å²) in [4.78, 5) is 0. The van der Waals surface area contributed by atoms with Crippen molar-refractivity contribution in [3.63, 3.8) is 0 Å². The molecule has 10 heavy (non-hydrogen) atoms. The largest absolute Gasteiger partial charge is 0.0922 e. The first-order valence-corrected chi connectivity index (χ1v) is 5.29. The summed E-state index contributed by atoms with van der Waals surface area (Å²) in [6.07, 6.45) is 2.92. The second kappa shape index (κ2) is 2.84. The summed E-state index contributed by atoms with van der Waals surface area (Å²) in [5.41, 5.74) is 0.569. The third kappa shape index (κ3) is 1.39. The minimum absolute atomic E-state index is 0.569. The quantitative estimate of drug-likeness (QED) is 0.619. The highest BCUT2D eigenvalue weighted by atomic mass is 79.9. The van der Waals surface area contributed by atoms with Crippen molar-refractivity contribution in [2.45, 2.75) is 33.6 Å². The Hall–Kier alpha value is 0.480. The standard InChI is InChI=1S/C9H17Br/c1-7(2)9(3,6-10)8-4-5-8/h7-8H,4-6H2,1-3H3. The molecule has 0 bridgehead atoms. The second-order valence-corrected chi connectivity index (χ2v) is 4.63. The van der Waals surface area contributed by atoms with Crippen LogP contribution in [0.1, 0.15) is 33.6 Å². The van der Waals surface area contributed by atoms with E-state index in [1.807, 2.05) is 0 Å². The molecular formula is C9H17Br. The molecule has 1 heteroatoms. The number of alkyl halides is 1. The van der Waals surface area contributed by atoms with E-state index >= 15 is 0 Å². The molecule has 60 valence electrons. The van der Waals surface area contributed by atoms with E-state index in [2.05, 4.69) is 36.7 Å². The molecule has 0 N–H and O–H groups in total. The first-order valence-electron chi connectivity index (χ1n) is 4.17. The summed E-state index contributed by atoms with van der Waals surface area (Å²) in [6.45, 7) is 7.07. The highest BCUT2D eigenvalue weighted by Crippen LogP contribution is 2.50. The van der Waals surface area contributed by atoms with Gasteiger partial charge in [-0.2, -0.15) is 0 Å². The third-order valence-electron chi connectivity index (χ3n) is 3.12. The molecule has 1 unspecified atom stereocenters. The van der Waals surface area contributed by atoms with E-state index < -0.39 is 0 Å². The molecule has 1 rings (SSSR count). The molecule has 0 nitrogen and oxygen atoms in total. The van der Waals surface area contributed by atoms with E-state index in [9.17, 15) is 0 Å². The lowest BCUT2D eigenvalue weighted by atomic mass is 9.77. The summed E-state index contributed by atoms with van der Waals surface area (Å²) < 4.78 is 0. The lowest BCUT2D eigenvalue weighted by Gasteiger charge is -2.31. The monoisotopic (exact) mass is 204 g/mol. The zero-order chi connectivity index (χ0) is 7.78. The number of hydrogen-bond donors (Lipinski definition) is 0. The van der Waals surface area contributed by atoms with Crippen molar-refractivity contribution in [3.8, 4) is 0 Å². The SMILES string of the molecule is CC(C)C(C)(CBr)C1CC1. The van der Waals surface area contributed by atoms with Crippen molar-refractivity contribution in [1.82, 2.24) is 0 Å². The third-order valence-corrected chi connectivity index (χ3v) is 4.33. The Morgan fingerprint density at radius 2 is 2.00 bits per heavy atom. The Kier molecular flexibility index (Phi) is 2.44. The van der Waals surface area contributed by atoms with Crippen LogP contribution in [0.25, 0.3) is 0 Å². The van der Waals surface area contributed by atoms with E-state index in [-0.39, 0.29) is 0 Å². The van der Waals surface area contributed by atoms with Crippen LogP contribution in [0.5, 0.6) is 0 Å². The van der Waals surface area contributed by atoms with Gasteiger partial charge in [0.25, 0.3) is 0 Å². The maximum absolute atomic E-state index is 3.61. The van der Waals surface area contributed by atoms with E-state index in [0.717, 1.165) is 11.8 Å². The zero-order valence-corrected chi connectivity index (χ0v) is 8.74. The van der Waals surface area contributed by atoms with Gasteiger partial charge < -0.3 is 0 Å². The number of rotatable bonds is 3. The zero-order valence-electron chi connectivity index (χ0n) is 7.15. The highest BCUT2D eigenvalue weighted by molar-refractivity contribution is 9.09. The first kappa shape index (κ1) is 8.58. The molecular weight excluding hydrogens is 188 g/mol. The van der Waals surface area contributed by atoms with Crippen molar-refractivity contribution in [1.29, 1.82) is 0 Å². The molecule has 0 saturated heterocycles. The summed E-state index contributed by atoms with van der Waals surface area (Å²) in [6, 6.07) is 0. The molecule has 1 aliphatic carbocycles. The summed E-state index contributed by atoms with van der Waals surface area (Å²) in [7, 11) is 0. The van der Waals surface area contributed by atoms with Crippen molar-refractivity contribution >= 4 is 15.9 Å². The minimum atomic E-state index is 0.569. The molecule has 0 aromatic heterocycles. The van der Waals surface area contributed by atoms with E-state index in [0.29, 0.717) is 5.41 Å².